The number of nitrogens with two attached hydrogens (primary N) is 1. The fourth-order valence-electron chi connectivity index (χ4n) is 2.68. The molecule has 1 heterocycles. The third-order valence-corrected chi connectivity index (χ3v) is 3.60. The summed E-state index contributed by atoms with van der Waals surface area (Å²) in [7, 11) is 0. The molecule has 0 unspecified atom stereocenters. The lowest BCUT2D eigenvalue weighted by Crippen LogP contribution is -2.61. The summed E-state index contributed by atoms with van der Waals surface area (Å²) in [6, 6.07) is -1.05. The molecule has 0 aromatic heterocycles. The normalized spacial score (nSPS) is 17.7. The van der Waals surface area contributed by atoms with Crippen LogP contribution in [0.3, 0.4) is 0 Å². The molecular weight excluding hydrogens is 390 g/mol. The highest BCUT2D eigenvalue weighted by Crippen LogP contribution is 2.18. The van der Waals surface area contributed by atoms with Gasteiger partial charge in [-0.1, -0.05) is 0 Å². The fraction of sp³-hybridized carbons (Fsp3) is 0.778. The topological polar surface area (TPSA) is 119 Å². The highest BCUT2D eigenvalue weighted by molar-refractivity contribution is 5.94. The van der Waals surface area contributed by atoms with Gasteiger partial charge in [-0.15, -0.1) is 12.4 Å². The van der Waals surface area contributed by atoms with Gasteiger partial charge >= 0.3 is 11.9 Å². The van der Waals surface area contributed by atoms with E-state index in [1.165, 1.54) is 9.80 Å². The second-order valence-corrected chi connectivity index (χ2v) is 8.44. The Hall–Kier alpha value is -1.87. The molecule has 162 valence electrons. The minimum absolute atomic E-state index is 0. The van der Waals surface area contributed by atoms with Crippen LogP contribution in [-0.2, 0) is 28.7 Å². The van der Waals surface area contributed by atoms with Crippen molar-refractivity contribution in [3.8, 4) is 0 Å². The Morgan fingerprint density at radius 2 is 1.50 bits per heavy atom. The molecule has 2 amide bonds. The Bertz CT molecular complexity index is 597. The maximum Gasteiger partial charge on any atom is 0.326 e. The van der Waals surface area contributed by atoms with Crippen LogP contribution in [0.15, 0.2) is 0 Å². The molecular formula is C18H32ClN3O6. The number of esters is 2. The van der Waals surface area contributed by atoms with Gasteiger partial charge in [-0.25, -0.2) is 0 Å². The summed E-state index contributed by atoms with van der Waals surface area (Å²) in [6.07, 6.45) is -0.299. The molecule has 1 aliphatic rings. The number of carbonyl (C=O) groups excluding carboxylic acids is 4. The third kappa shape index (κ3) is 8.43. The Morgan fingerprint density at radius 1 is 1.00 bits per heavy atom. The molecule has 0 radical (unpaired) electrons. The highest BCUT2D eigenvalue weighted by atomic mass is 35.5. The van der Waals surface area contributed by atoms with E-state index in [1.54, 1.807) is 41.5 Å². The highest BCUT2D eigenvalue weighted by Gasteiger charge is 2.40. The van der Waals surface area contributed by atoms with Crippen molar-refractivity contribution < 1.29 is 28.7 Å². The SMILES string of the molecule is CC(C)(C)OC(=O)C[C@H]1C(=O)N(CC(=O)OC(C)(C)C)CCN1C(=O)CN.Cl. The minimum atomic E-state index is -1.05. The van der Waals surface area contributed by atoms with Crippen LogP contribution in [0.5, 0.6) is 0 Å². The Balaban J connectivity index is 0.00000729. The first-order valence-electron chi connectivity index (χ1n) is 8.95. The van der Waals surface area contributed by atoms with Crippen LogP contribution in [-0.4, -0.2) is 77.0 Å². The zero-order valence-corrected chi connectivity index (χ0v) is 18.3. The van der Waals surface area contributed by atoms with Gasteiger partial charge in [0.1, 0.15) is 23.8 Å². The van der Waals surface area contributed by atoms with Crippen LogP contribution < -0.4 is 5.73 Å². The van der Waals surface area contributed by atoms with Crippen molar-refractivity contribution in [1.29, 1.82) is 0 Å². The average Bonchev–Trinajstić information content (AvgIpc) is 2.47. The van der Waals surface area contributed by atoms with Gasteiger partial charge < -0.3 is 25.0 Å². The summed E-state index contributed by atoms with van der Waals surface area (Å²) in [5.41, 5.74) is 4.03. The predicted molar refractivity (Wildman–Crippen MR) is 105 cm³/mol. The van der Waals surface area contributed by atoms with E-state index in [2.05, 4.69) is 0 Å². The van der Waals surface area contributed by atoms with E-state index in [-0.39, 0.29) is 45.0 Å². The van der Waals surface area contributed by atoms with Crippen molar-refractivity contribution in [2.75, 3.05) is 26.2 Å². The maximum absolute atomic E-state index is 12.8. The second kappa shape index (κ2) is 10.1. The van der Waals surface area contributed by atoms with Gasteiger partial charge in [0.15, 0.2) is 0 Å². The summed E-state index contributed by atoms with van der Waals surface area (Å²) in [5, 5.41) is 0. The molecule has 0 spiro atoms. The van der Waals surface area contributed by atoms with Gasteiger partial charge in [-0.2, -0.15) is 0 Å². The first-order valence-corrected chi connectivity index (χ1v) is 8.95. The molecule has 1 aliphatic heterocycles. The van der Waals surface area contributed by atoms with Crippen molar-refractivity contribution >= 4 is 36.2 Å². The van der Waals surface area contributed by atoms with Crippen molar-refractivity contribution in [3.63, 3.8) is 0 Å². The molecule has 0 aromatic rings. The summed E-state index contributed by atoms with van der Waals surface area (Å²) in [6.45, 7) is 10.2. The van der Waals surface area contributed by atoms with E-state index in [0.717, 1.165) is 0 Å². The lowest BCUT2D eigenvalue weighted by molar-refractivity contribution is -0.166. The largest absolute Gasteiger partial charge is 0.460 e. The van der Waals surface area contributed by atoms with E-state index in [9.17, 15) is 19.2 Å². The van der Waals surface area contributed by atoms with Crippen LogP contribution in [0.25, 0.3) is 0 Å². The molecule has 1 atom stereocenters. The molecule has 0 aliphatic carbocycles. The van der Waals surface area contributed by atoms with Crippen LogP contribution in [0.1, 0.15) is 48.0 Å². The monoisotopic (exact) mass is 421 g/mol. The zero-order valence-electron chi connectivity index (χ0n) is 17.4. The molecule has 0 saturated carbocycles. The molecule has 1 saturated heterocycles. The summed E-state index contributed by atoms with van der Waals surface area (Å²) in [5.74, 6) is -2.09. The van der Waals surface area contributed by atoms with Crippen LogP contribution in [0, 0.1) is 0 Å². The van der Waals surface area contributed by atoms with Crippen LogP contribution in [0.2, 0.25) is 0 Å². The predicted octanol–water partition coefficient (Wildman–Crippen LogP) is 0.480. The molecule has 9 nitrogen and oxygen atoms in total. The van der Waals surface area contributed by atoms with Crippen LogP contribution >= 0.6 is 12.4 Å². The third-order valence-electron chi connectivity index (χ3n) is 3.60. The van der Waals surface area contributed by atoms with Gasteiger partial charge in [0, 0.05) is 13.1 Å². The number of hydrogen-bond acceptors (Lipinski definition) is 7. The van der Waals surface area contributed by atoms with E-state index in [1.807, 2.05) is 0 Å². The van der Waals surface area contributed by atoms with E-state index < -0.39 is 41.0 Å². The summed E-state index contributed by atoms with van der Waals surface area (Å²) < 4.78 is 10.5. The number of rotatable bonds is 5. The van der Waals surface area contributed by atoms with Gasteiger partial charge in [0.05, 0.1) is 13.0 Å². The number of amides is 2. The molecule has 1 fully saturated rings. The quantitative estimate of drug-likeness (QED) is 0.641. The average molecular weight is 422 g/mol. The van der Waals surface area contributed by atoms with Gasteiger partial charge in [0.2, 0.25) is 11.8 Å². The van der Waals surface area contributed by atoms with E-state index >= 15 is 0 Å². The lowest BCUT2D eigenvalue weighted by Gasteiger charge is -2.40. The molecule has 10 heteroatoms. The Kier molecular flexibility index (Phi) is 9.39. The van der Waals surface area contributed by atoms with E-state index in [4.69, 9.17) is 15.2 Å². The molecule has 0 bridgehead atoms. The van der Waals surface area contributed by atoms with E-state index in [0.29, 0.717) is 0 Å². The van der Waals surface area contributed by atoms with Crippen molar-refractivity contribution in [1.82, 2.24) is 9.80 Å². The number of carbonyl (C=O) groups is 4. The molecule has 28 heavy (non-hydrogen) atoms. The van der Waals surface area contributed by atoms with Crippen LogP contribution in [0.4, 0.5) is 0 Å². The summed E-state index contributed by atoms with van der Waals surface area (Å²) in [4.78, 5) is 51.7. The number of nitrogens with zero attached hydrogens (tertiary/aromatic N) is 2. The van der Waals surface area contributed by atoms with Gasteiger partial charge in [0.25, 0.3) is 0 Å². The lowest BCUT2D eigenvalue weighted by atomic mass is 10.1. The second-order valence-electron chi connectivity index (χ2n) is 8.44. The van der Waals surface area contributed by atoms with Crippen molar-refractivity contribution in [2.24, 2.45) is 5.73 Å². The first kappa shape index (κ1) is 26.1. The Morgan fingerprint density at radius 3 is 1.96 bits per heavy atom. The standard InChI is InChI=1S/C18H31N3O6.ClH/c1-17(2,3)26-14(23)9-12-16(25)20(7-8-21(12)13(22)10-19)11-15(24)27-18(4,5)6;/h12H,7-11,19H2,1-6H3;1H/t12-;/m0./s1. The number of piperazine rings is 1. The minimum Gasteiger partial charge on any atom is -0.460 e. The fourth-order valence-corrected chi connectivity index (χ4v) is 2.68. The molecule has 2 N–H and O–H groups in total. The van der Waals surface area contributed by atoms with Gasteiger partial charge in [-0.3, -0.25) is 19.2 Å². The smallest absolute Gasteiger partial charge is 0.326 e. The number of halogens is 1. The number of ether oxygens (including phenoxy) is 2. The number of hydrogen-bond donors (Lipinski definition) is 1. The maximum atomic E-state index is 12.8. The molecule has 0 aromatic carbocycles. The van der Waals surface area contributed by atoms with Crippen molar-refractivity contribution in [3.05, 3.63) is 0 Å². The van der Waals surface area contributed by atoms with Gasteiger partial charge in [-0.05, 0) is 41.5 Å². The summed E-state index contributed by atoms with van der Waals surface area (Å²) >= 11 is 0. The Labute approximate surface area is 172 Å². The molecule has 1 rings (SSSR count). The zero-order chi connectivity index (χ0) is 21.0. The van der Waals surface area contributed by atoms with Crippen molar-refractivity contribution in [2.45, 2.75) is 65.2 Å². The first-order chi connectivity index (χ1) is 12.2.